The fourth-order valence-corrected chi connectivity index (χ4v) is 4.12. The molecule has 4 aromatic rings. The first-order valence-electron chi connectivity index (χ1n) is 9.64. The van der Waals surface area contributed by atoms with Crippen molar-refractivity contribution in [2.24, 2.45) is 0 Å². The maximum Gasteiger partial charge on any atom is 0.263 e. The van der Waals surface area contributed by atoms with Gasteiger partial charge in [0.05, 0.1) is 60.6 Å². The molecule has 0 unspecified atom stereocenters. The van der Waals surface area contributed by atoms with E-state index in [0.29, 0.717) is 10.9 Å². The standard InChI is InChI=1S/C22H22N4O4/c1-26(2,3)10-6-9-25-21(29)15-16(22(25)30)18(24)14-13(17(15)23)19(27)11-7-4-5-8-12(11)20(14)28/h4-5,7-8H,6,9-10H2,1-3H3,(H3-,23,24,27,28,29,30)/p+1. The van der Waals surface area contributed by atoms with Gasteiger partial charge in [-0.25, -0.2) is 0 Å². The molecular formula is C22H23N4O4+. The molecule has 0 aliphatic heterocycles. The molecule has 0 saturated carbocycles. The van der Waals surface area contributed by atoms with Crippen molar-refractivity contribution in [3.05, 3.63) is 65.4 Å². The van der Waals surface area contributed by atoms with E-state index in [2.05, 4.69) is 0 Å². The summed E-state index contributed by atoms with van der Waals surface area (Å²) < 4.78 is 1.78. The van der Waals surface area contributed by atoms with Gasteiger partial charge in [-0.1, -0.05) is 24.3 Å². The van der Waals surface area contributed by atoms with Crippen molar-refractivity contribution >= 4 is 43.7 Å². The van der Waals surface area contributed by atoms with Crippen molar-refractivity contribution < 1.29 is 4.48 Å². The number of benzene rings is 3. The highest BCUT2D eigenvalue weighted by Gasteiger charge is 2.25. The van der Waals surface area contributed by atoms with Crippen molar-refractivity contribution in [3.63, 3.8) is 0 Å². The predicted molar refractivity (Wildman–Crippen MR) is 121 cm³/mol. The Morgan fingerprint density at radius 2 is 1.20 bits per heavy atom. The highest BCUT2D eigenvalue weighted by Crippen LogP contribution is 2.31. The zero-order valence-electron chi connectivity index (χ0n) is 17.1. The van der Waals surface area contributed by atoms with E-state index in [1.165, 1.54) is 12.1 Å². The summed E-state index contributed by atoms with van der Waals surface area (Å²) in [6, 6.07) is 6.36. The molecule has 0 radical (unpaired) electrons. The van der Waals surface area contributed by atoms with Gasteiger partial charge in [-0.05, 0) is 0 Å². The van der Waals surface area contributed by atoms with E-state index in [4.69, 9.17) is 11.5 Å². The summed E-state index contributed by atoms with van der Waals surface area (Å²) in [5, 5.41) is 0.0629. The summed E-state index contributed by atoms with van der Waals surface area (Å²) in [7, 11) is 6.05. The van der Waals surface area contributed by atoms with Crippen LogP contribution in [-0.2, 0) is 6.54 Å². The molecule has 4 N–H and O–H groups in total. The first-order chi connectivity index (χ1) is 14.0. The Kier molecular flexibility index (Phi) is 4.28. The summed E-state index contributed by atoms with van der Waals surface area (Å²) in [5.41, 5.74) is 10.0. The molecule has 1 aromatic heterocycles. The second kappa shape index (κ2) is 6.50. The zero-order chi connectivity index (χ0) is 22.0. The minimum absolute atomic E-state index is 0.0815. The molecule has 8 nitrogen and oxygen atoms in total. The highest BCUT2D eigenvalue weighted by atomic mass is 16.2. The Hall–Kier alpha value is -3.52. The number of nitrogens with zero attached hydrogens (tertiary/aromatic N) is 2. The van der Waals surface area contributed by atoms with Crippen LogP contribution in [0.3, 0.4) is 0 Å². The molecular weight excluding hydrogens is 384 g/mol. The number of fused-ring (bicyclic) bond motifs is 3. The van der Waals surface area contributed by atoms with Gasteiger partial charge in [0, 0.05) is 23.7 Å². The molecule has 0 aliphatic rings. The van der Waals surface area contributed by atoms with Gasteiger partial charge in [0.1, 0.15) is 0 Å². The number of anilines is 2. The Labute approximate surface area is 170 Å². The first kappa shape index (κ1) is 19.8. The number of nitrogen functional groups attached to an aromatic ring is 2. The Balaban J connectivity index is 2.12. The van der Waals surface area contributed by atoms with E-state index < -0.39 is 22.0 Å². The number of quaternary nitrogens is 1. The molecule has 30 heavy (non-hydrogen) atoms. The third kappa shape index (κ3) is 2.72. The number of hydrogen-bond donors (Lipinski definition) is 2. The molecule has 0 atom stereocenters. The van der Waals surface area contributed by atoms with Crippen molar-refractivity contribution in [1.29, 1.82) is 0 Å². The maximum absolute atomic E-state index is 13.1. The van der Waals surface area contributed by atoms with Crippen molar-refractivity contribution in [2.75, 3.05) is 39.2 Å². The van der Waals surface area contributed by atoms with Crippen LogP contribution in [0.25, 0.3) is 32.3 Å². The lowest BCUT2D eigenvalue weighted by Gasteiger charge is -2.23. The van der Waals surface area contributed by atoms with Crippen LogP contribution >= 0.6 is 0 Å². The van der Waals surface area contributed by atoms with Gasteiger partial charge in [-0.2, -0.15) is 0 Å². The van der Waals surface area contributed by atoms with Gasteiger partial charge < -0.3 is 16.0 Å². The van der Waals surface area contributed by atoms with Gasteiger partial charge in [0.25, 0.3) is 11.1 Å². The molecule has 3 aromatic carbocycles. The molecule has 0 spiro atoms. The lowest BCUT2D eigenvalue weighted by atomic mass is 9.97. The predicted octanol–water partition coefficient (Wildman–Crippen LogP) is 0.525. The average molecular weight is 407 g/mol. The molecule has 1 heterocycles. The van der Waals surface area contributed by atoms with Crippen LogP contribution < -0.4 is 33.4 Å². The Morgan fingerprint density at radius 3 is 1.60 bits per heavy atom. The zero-order valence-corrected chi connectivity index (χ0v) is 17.1. The second-order valence-electron chi connectivity index (χ2n) is 8.66. The maximum atomic E-state index is 13.1. The number of rotatable bonds is 4. The minimum atomic E-state index is -0.581. The van der Waals surface area contributed by atoms with Gasteiger partial charge in [-0.3, -0.25) is 23.7 Å². The quantitative estimate of drug-likeness (QED) is 0.220. The van der Waals surface area contributed by atoms with Gasteiger partial charge in [0.2, 0.25) is 0 Å². The van der Waals surface area contributed by atoms with E-state index in [9.17, 15) is 19.2 Å². The number of nitrogens with two attached hydrogens (primary N) is 2. The van der Waals surface area contributed by atoms with Crippen molar-refractivity contribution in [3.8, 4) is 0 Å². The van der Waals surface area contributed by atoms with Crippen LogP contribution in [0.2, 0.25) is 0 Å². The van der Waals surface area contributed by atoms with Crippen LogP contribution in [0.5, 0.6) is 0 Å². The van der Waals surface area contributed by atoms with E-state index >= 15 is 0 Å². The second-order valence-corrected chi connectivity index (χ2v) is 8.66. The molecule has 0 fully saturated rings. The summed E-state index contributed by atoms with van der Waals surface area (Å²) in [6.45, 7) is 0.953. The fourth-order valence-electron chi connectivity index (χ4n) is 4.12. The van der Waals surface area contributed by atoms with Crippen LogP contribution in [0.15, 0.2) is 43.4 Å². The van der Waals surface area contributed by atoms with Crippen LogP contribution in [0, 0.1) is 0 Å². The smallest absolute Gasteiger partial charge is 0.263 e. The largest absolute Gasteiger partial charge is 0.397 e. The topological polar surface area (TPSA) is 125 Å². The number of aromatic nitrogens is 1. The average Bonchev–Trinajstić information content (AvgIpc) is 2.93. The van der Waals surface area contributed by atoms with Crippen LogP contribution in [-0.4, -0.2) is 36.7 Å². The van der Waals surface area contributed by atoms with Gasteiger partial charge in [-0.15, -0.1) is 0 Å². The van der Waals surface area contributed by atoms with Crippen molar-refractivity contribution in [1.82, 2.24) is 4.57 Å². The third-order valence-corrected chi connectivity index (χ3v) is 5.58. The lowest BCUT2D eigenvalue weighted by Crippen LogP contribution is -2.37. The van der Waals surface area contributed by atoms with Crippen molar-refractivity contribution in [2.45, 2.75) is 13.0 Å². The molecule has 0 aliphatic carbocycles. The molecule has 0 amide bonds. The number of hydrogen-bond acceptors (Lipinski definition) is 6. The summed E-state index contributed by atoms with van der Waals surface area (Å²) in [6.07, 6.45) is 0.595. The normalized spacial score (nSPS) is 12.4. The van der Waals surface area contributed by atoms with Gasteiger partial charge in [0.15, 0.2) is 10.9 Å². The molecule has 0 saturated heterocycles. The van der Waals surface area contributed by atoms with E-state index in [1.807, 2.05) is 21.1 Å². The SMILES string of the molecule is C[N+](C)(C)CCCn1c(=O)c2c(N)c3c(=O)c4ccccc4c(=O)c3c(N)c2c1=O. The monoisotopic (exact) mass is 407 g/mol. The minimum Gasteiger partial charge on any atom is -0.397 e. The van der Waals surface area contributed by atoms with Gasteiger partial charge >= 0.3 is 0 Å². The molecule has 0 bridgehead atoms. The summed E-state index contributed by atoms with van der Waals surface area (Å²) >= 11 is 0. The van der Waals surface area contributed by atoms with Crippen LogP contribution in [0.4, 0.5) is 11.4 Å². The summed E-state index contributed by atoms with van der Waals surface area (Å²) in [4.78, 5) is 52.2. The summed E-state index contributed by atoms with van der Waals surface area (Å²) in [5.74, 6) is 0. The molecule has 8 heteroatoms. The Morgan fingerprint density at radius 1 is 0.767 bits per heavy atom. The molecule has 4 rings (SSSR count). The lowest BCUT2D eigenvalue weighted by molar-refractivity contribution is -0.870. The van der Waals surface area contributed by atoms with Crippen LogP contribution in [0.1, 0.15) is 6.42 Å². The first-order valence-corrected chi connectivity index (χ1v) is 9.64. The van der Waals surface area contributed by atoms with E-state index in [0.717, 1.165) is 11.1 Å². The van der Waals surface area contributed by atoms with E-state index in [-0.39, 0.29) is 50.2 Å². The highest BCUT2D eigenvalue weighted by molar-refractivity contribution is 6.20. The molecule has 154 valence electrons. The fraction of sp³-hybridized carbons (Fsp3) is 0.273. The van der Waals surface area contributed by atoms with E-state index in [1.54, 1.807) is 12.1 Å². The third-order valence-electron chi connectivity index (χ3n) is 5.58. The Bertz CT molecular complexity index is 1450.